The summed E-state index contributed by atoms with van der Waals surface area (Å²) in [6.45, 7) is 8.78. The van der Waals surface area contributed by atoms with Crippen molar-refractivity contribution in [1.29, 1.82) is 0 Å². The molecule has 4 aliphatic rings. The minimum absolute atomic E-state index is 0.0847. The number of benzene rings is 1. The van der Waals surface area contributed by atoms with E-state index < -0.39 is 47.6 Å². The maximum atomic E-state index is 14.7. The summed E-state index contributed by atoms with van der Waals surface area (Å²) in [5, 5.41) is 28.8. The van der Waals surface area contributed by atoms with Crippen LogP contribution >= 0.6 is 0 Å². The molecule has 2 saturated heterocycles. The number of rotatable bonds is 8. The van der Waals surface area contributed by atoms with Gasteiger partial charge in [0, 0.05) is 43.7 Å². The SMILES string of the molecule is C[C@H](C(=O)N[C@H](C(=O)N1C[C@H]2C[C@@H](O)CN2C[C@H]1C(=O)N[C@@H]1CCOc2ccccc21)C1CCCCC1)C(NC(=O)O)C(C)(C)C. The van der Waals surface area contributed by atoms with Crippen LogP contribution in [0.5, 0.6) is 5.75 Å². The fourth-order valence-corrected chi connectivity index (χ4v) is 7.96. The van der Waals surface area contributed by atoms with Crippen molar-refractivity contribution in [3.8, 4) is 5.75 Å². The number of aliphatic hydroxyl groups is 1. The predicted octanol–water partition coefficient (Wildman–Crippen LogP) is 2.66. The van der Waals surface area contributed by atoms with E-state index in [2.05, 4.69) is 20.9 Å². The van der Waals surface area contributed by atoms with Gasteiger partial charge in [-0.05, 0) is 36.7 Å². The summed E-state index contributed by atoms with van der Waals surface area (Å²) in [6.07, 6.45) is 3.88. The number of nitrogens with zero attached hydrogens (tertiary/aromatic N) is 2. The molecule has 12 heteroatoms. The van der Waals surface area contributed by atoms with Crippen LogP contribution in [0.1, 0.15) is 84.2 Å². The highest BCUT2D eigenvalue weighted by Crippen LogP contribution is 2.34. The Morgan fingerprint density at radius 1 is 0.978 bits per heavy atom. The summed E-state index contributed by atoms with van der Waals surface area (Å²) in [5.74, 6) is -1.07. The molecule has 5 N–H and O–H groups in total. The molecule has 1 unspecified atom stereocenters. The Hall–Kier alpha value is -3.38. The molecule has 5 rings (SSSR count). The third-order valence-corrected chi connectivity index (χ3v) is 10.4. The molecule has 3 aliphatic heterocycles. The van der Waals surface area contributed by atoms with Crippen molar-refractivity contribution >= 4 is 23.8 Å². The number of aliphatic hydroxyl groups excluding tert-OH is 1. The molecule has 1 saturated carbocycles. The molecular weight excluding hydrogens is 590 g/mol. The smallest absolute Gasteiger partial charge is 0.404 e. The first-order chi connectivity index (χ1) is 21.8. The number of carbonyl (C=O) groups excluding carboxylic acids is 3. The Labute approximate surface area is 271 Å². The maximum absolute atomic E-state index is 14.7. The number of amides is 4. The van der Waals surface area contributed by atoms with E-state index in [9.17, 15) is 29.4 Å². The zero-order chi connectivity index (χ0) is 33.2. The van der Waals surface area contributed by atoms with E-state index in [1.54, 1.807) is 11.8 Å². The van der Waals surface area contributed by atoms with E-state index in [-0.39, 0.29) is 36.4 Å². The molecule has 46 heavy (non-hydrogen) atoms. The van der Waals surface area contributed by atoms with Gasteiger partial charge in [0.15, 0.2) is 0 Å². The molecule has 1 aromatic rings. The summed E-state index contributed by atoms with van der Waals surface area (Å²) >= 11 is 0. The van der Waals surface area contributed by atoms with E-state index in [4.69, 9.17) is 4.74 Å². The van der Waals surface area contributed by atoms with Gasteiger partial charge in [-0.1, -0.05) is 65.2 Å². The quantitative estimate of drug-likeness (QED) is 0.290. The lowest BCUT2D eigenvalue weighted by molar-refractivity contribution is -0.150. The Bertz CT molecular complexity index is 1280. The number of para-hydroxylation sites is 1. The van der Waals surface area contributed by atoms with Crippen molar-refractivity contribution in [2.24, 2.45) is 17.3 Å². The van der Waals surface area contributed by atoms with Gasteiger partial charge < -0.3 is 35.8 Å². The van der Waals surface area contributed by atoms with Crippen molar-refractivity contribution in [3.05, 3.63) is 29.8 Å². The van der Waals surface area contributed by atoms with Crippen molar-refractivity contribution in [2.45, 2.75) is 109 Å². The average Bonchev–Trinajstić information content (AvgIpc) is 3.40. The standard InChI is InChI=1S/C34H51N5O7/c1-20(29(34(2,3)4)37-33(44)45)30(41)36-28(21-10-6-5-7-11-21)32(43)39-17-22-16-23(40)18-38(22)19-26(39)31(42)35-25-14-15-46-27-13-9-8-12-24(25)27/h8-9,12-13,20-23,25-26,28-29,37,40H,5-7,10-11,14-19H2,1-4H3,(H,35,42)(H,36,41)(H,44,45)/t20-,22+,23+,25+,26-,28-,29?/m0/s1. The van der Waals surface area contributed by atoms with Crippen LogP contribution in [0.3, 0.4) is 0 Å². The van der Waals surface area contributed by atoms with Gasteiger partial charge in [0.2, 0.25) is 17.7 Å². The normalized spacial score (nSPS) is 27.3. The average molecular weight is 642 g/mol. The second-order valence-corrected chi connectivity index (χ2v) is 14.7. The number of hydrogen-bond acceptors (Lipinski definition) is 7. The van der Waals surface area contributed by atoms with E-state index in [0.29, 0.717) is 32.5 Å². The molecule has 4 amide bonds. The minimum Gasteiger partial charge on any atom is -0.493 e. The highest BCUT2D eigenvalue weighted by atomic mass is 16.5. The molecule has 7 atom stereocenters. The lowest BCUT2D eigenvalue weighted by atomic mass is 9.78. The Morgan fingerprint density at radius 2 is 1.70 bits per heavy atom. The third-order valence-electron chi connectivity index (χ3n) is 10.4. The van der Waals surface area contributed by atoms with Crippen LogP contribution in [0.25, 0.3) is 0 Å². The molecule has 254 valence electrons. The van der Waals surface area contributed by atoms with Gasteiger partial charge in [0.1, 0.15) is 17.8 Å². The van der Waals surface area contributed by atoms with Crippen molar-refractivity contribution in [2.75, 3.05) is 26.2 Å². The lowest BCUT2D eigenvalue weighted by Crippen LogP contribution is -2.66. The van der Waals surface area contributed by atoms with Gasteiger partial charge in [-0.2, -0.15) is 0 Å². The fraction of sp³-hybridized carbons (Fsp3) is 0.706. The number of nitrogens with one attached hydrogen (secondary N) is 3. The van der Waals surface area contributed by atoms with Crippen molar-refractivity contribution in [3.63, 3.8) is 0 Å². The third kappa shape index (κ3) is 7.60. The van der Waals surface area contributed by atoms with Gasteiger partial charge in [0.05, 0.1) is 24.7 Å². The molecule has 0 aromatic heterocycles. The van der Waals surface area contributed by atoms with Crippen LogP contribution in [0.15, 0.2) is 24.3 Å². The molecule has 3 heterocycles. The summed E-state index contributed by atoms with van der Waals surface area (Å²) < 4.78 is 5.79. The van der Waals surface area contributed by atoms with Gasteiger partial charge >= 0.3 is 6.09 Å². The predicted molar refractivity (Wildman–Crippen MR) is 171 cm³/mol. The van der Waals surface area contributed by atoms with Gasteiger partial charge in [-0.25, -0.2) is 4.79 Å². The fourth-order valence-electron chi connectivity index (χ4n) is 7.96. The number of carboxylic acid groups (broad SMARTS) is 1. The number of hydrogen-bond donors (Lipinski definition) is 5. The second kappa shape index (κ2) is 14.2. The zero-order valence-electron chi connectivity index (χ0n) is 27.5. The van der Waals surface area contributed by atoms with Crippen molar-refractivity contribution in [1.82, 2.24) is 25.8 Å². The first-order valence-corrected chi connectivity index (χ1v) is 16.9. The topological polar surface area (TPSA) is 161 Å². The number of carbonyl (C=O) groups is 4. The molecule has 0 spiro atoms. The minimum atomic E-state index is -1.21. The van der Waals surface area contributed by atoms with Gasteiger partial charge in [-0.15, -0.1) is 0 Å². The van der Waals surface area contributed by atoms with E-state index in [1.165, 1.54) is 0 Å². The zero-order valence-corrected chi connectivity index (χ0v) is 27.5. The number of ether oxygens (including phenoxy) is 1. The first-order valence-electron chi connectivity index (χ1n) is 16.9. The summed E-state index contributed by atoms with van der Waals surface area (Å²) in [4.78, 5) is 58.0. The van der Waals surface area contributed by atoms with Crippen LogP contribution < -0.4 is 20.7 Å². The van der Waals surface area contributed by atoms with Crippen LogP contribution in [0, 0.1) is 17.3 Å². The summed E-state index contributed by atoms with van der Waals surface area (Å²) in [7, 11) is 0. The largest absolute Gasteiger partial charge is 0.493 e. The van der Waals surface area contributed by atoms with Crippen molar-refractivity contribution < 1.29 is 34.1 Å². The Morgan fingerprint density at radius 3 is 2.39 bits per heavy atom. The molecule has 3 fully saturated rings. The molecule has 0 radical (unpaired) electrons. The van der Waals surface area contributed by atoms with Gasteiger partial charge in [-0.3, -0.25) is 19.3 Å². The summed E-state index contributed by atoms with van der Waals surface area (Å²) in [5.41, 5.74) is 0.348. The van der Waals surface area contributed by atoms with Crippen LogP contribution in [-0.2, 0) is 14.4 Å². The van der Waals surface area contributed by atoms with Crippen LogP contribution in [0.2, 0.25) is 0 Å². The molecule has 12 nitrogen and oxygen atoms in total. The van der Waals surface area contributed by atoms with Crippen LogP contribution in [0.4, 0.5) is 4.79 Å². The van der Waals surface area contributed by atoms with E-state index >= 15 is 0 Å². The molecule has 0 bridgehead atoms. The molecular formula is C34H51N5O7. The maximum Gasteiger partial charge on any atom is 0.404 e. The number of fused-ring (bicyclic) bond motifs is 2. The monoisotopic (exact) mass is 641 g/mol. The second-order valence-electron chi connectivity index (χ2n) is 14.7. The highest BCUT2D eigenvalue weighted by Gasteiger charge is 2.47. The van der Waals surface area contributed by atoms with Crippen LogP contribution in [-0.4, -0.2) is 100 Å². The Balaban J connectivity index is 1.41. The highest BCUT2D eigenvalue weighted by molar-refractivity contribution is 5.93. The molecule has 1 aliphatic carbocycles. The van der Waals surface area contributed by atoms with Gasteiger partial charge in [0.25, 0.3) is 0 Å². The Kier molecular flexibility index (Phi) is 10.5. The lowest BCUT2D eigenvalue weighted by Gasteiger charge is -2.45. The van der Waals surface area contributed by atoms with E-state index in [1.807, 2.05) is 45.0 Å². The molecule has 1 aromatic carbocycles. The van der Waals surface area contributed by atoms with E-state index in [0.717, 1.165) is 43.4 Å². The number of piperazine rings is 1. The summed E-state index contributed by atoms with van der Waals surface area (Å²) in [6, 6.07) is 4.94. The first kappa shape index (κ1) is 34.0.